The van der Waals surface area contributed by atoms with Crippen LogP contribution in [0.4, 0.5) is 0 Å². The maximum absolute atomic E-state index is 8.70. The summed E-state index contributed by atoms with van der Waals surface area (Å²) in [6.07, 6.45) is 0. The number of hydrogen-bond acceptors (Lipinski definition) is 3. The van der Waals surface area contributed by atoms with Gasteiger partial charge in [-0.15, -0.1) is 12.4 Å². The summed E-state index contributed by atoms with van der Waals surface area (Å²) in [5.74, 6) is 0. The molecule has 0 aromatic heterocycles. The molecule has 0 aromatic carbocycles. The second kappa shape index (κ2) is 9.30. The minimum atomic E-state index is -0.0694. The Labute approximate surface area is 34.9 Å². The van der Waals surface area contributed by atoms with Crippen molar-refractivity contribution in [3.63, 3.8) is 0 Å². The monoisotopic (exact) mass is 98.0 g/mol. The molecule has 0 radical (unpaired) electrons. The van der Waals surface area contributed by atoms with Crippen molar-refractivity contribution in [1.29, 1.82) is 0 Å². The van der Waals surface area contributed by atoms with Gasteiger partial charge in [-0.25, -0.2) is 5.26 Å². The van der Waals surface area contributed by atoms with Gasteiger partial charge in [0, 0.05) is 0 Å². The Balaban J connectivity index is 0. The van der Waals surface area contributed by atoms with E-state index in [0.717, 1.165) is 0 Å². The Kier molecular flexibility index (Phi) is 16.4. The molecule has 5 heavy (non-hydrogen) atoms. The molecule has 0 saturated heterocycles. The van der Waals surface area contributed by atoms with Gasteiger partial charge in [0.15, 0.2) is 0 Å². The Hall–Kier alpha value is -0.280. The van der Waals surface area contributed by atoms with E-state index >= 15 is 0 Å². The topological polar surface area (TPSA) is 46.5 Å². The molecule has 0 unspecified atom stereocenters. The van der Waals surface area contributed by atoms with Gasteiger partial charge in [0.25, 0.3) is 0 Å². The highest BCUT2D eigenvalue weighted by Gasteiger charge is 1.47. The Morgan fingerprint density at radius 2 is 2.00 bits per heavy atom. The zero-order valence-electron chi connectivity index (χ0n) is 2.25. The molecule has 0 aliphatic rings. The van der Waals surface area contributed by atoms with Crippen molar-refractivity contribution < 1.29 is 14.9 Å². The van der Waals surface area contributed by atoms with Crippen LogP contribution in [0, 0.1) is 0 Å². The lowest BCUT2D eigenvalue weighted by Crippen LogP contribution is -1.69. The maximum atomic E-state index is 8.70. The van der Waals surface area contributed by atoms with Gasteiger partial charge in [-0.3, -0.25) is 4.79 Å². The van der Waals surface area contributed by atoms with Crippen molar-refractivity contribution in [2.75, 3.05) is 0 Å². The summed E-state index contributed by atoms with van der Waals surface area (Å²) < 4.78 is 0. The van der Waals surface area contributed by atoms with E-state index in [4.69, 9.17) is 10.1 Å². The fourth-order valence-corrected chi connectivity index (χ4v) is 0. The quantitative estimate of drug-likeness (QED) is 0.286. The van der Waals surface area contributed by atoms with Crippen LogP contribution in [-0.2, 0) is 9.68 Å². The molecule has 0 saturated carbocycles. The molecule has 0 rings (SSSR count). The molecule has 0 fully saturated rings. The van der Waals surface area contributed by atoms with Crippen molar-refractivity contribution in [2.24, 2.45) is 0 Å². The summed E-state index contributed by atoms with van der Waals surface area (Å²) >= 11 is 0. The molecule has 0 aromatic rings. The van der Waals surface area contributed by atoms with Gasteiger partial charge in [-0.05, 0) is 0 Å². The summed E-state index contributed by atoms with van der Waals surface area (Å²) in [7, 11) is 0. The van der Waals surface area contributed by atoms with Crippen molar-refractivity contribution in [3.8, 4) is 0 Å². The first-order valence-corrected chi connectivity index (χ1v) is 0.654. The summed E-state index contributed by atoms with van der Waals surface area (Å²) in [4.78, 5) is 11.6. The van der Waals surface area contributed by atoms with Crippen LogP contribution < -0.4 is 0 Å². The number of carbonyl (C=O) groups is 1. The van der Waals surface area contributed by atoms with Crippen molar-refractivity contribution in [3.05, 3.63) is 0 Å². The van der Waals surface area contributed by atoms with E-state index in [1.54, 1.807) is 0 Å². The molecule has 0 spiro atoms. The SMILES string of the molecule is Cl.O=COO. The summed E-state index contributed by atoms with van der Waals surface area (Å²) in [5, 5.41) is 7.01. The Morgan fingerprint density at radius 1 is 1.80 bits per heavy atom. The summed E-state index contributed by atoms with van der Waals surface area (Å²) in [6, 6.07) is 0. The lowest BCUT2D eigenvalue weighted by molar-refractivity contribution is -0.217. The minimum absolute atomic E-state index is 0. The molecule has 0 heterocycles. The van der Waals surface area contributed by atoms with Gasteiger partial charge >= 0.3 is 6.47 Å². The highest BCUT2D eigenvalue weighted by Crippen LogP contribution is 1.33. The first kappa shape index (κ1) is 8.83. The van der Waals surface area contributed by atoms with E-state index in [2.05, 4.69) is 4.89 Å². The summed E-state index contributed by atoms with van der Waals surface area (Å²) in [6.45, 7) is -0.0694. The zero-order chi connectivity index (χ0) is 3.41. The van der Waals surface area contributed by atoms with Gasteiger partial charge in [0.2, 0.25) is 0 Å². The van der Waals surface area contributed by atoms with Crippen LogP contribution in [0.25, 0.3) is 0 Å². The van der Waals surface area contributed by atoms with Gasteiger partial charge in [0.05, 0.1) is 0 Å². The van der Waals surface area contributed by atoms with E-state index in [0.29, 0.717) is 0 Å². The average molecular weight is 98.5 g/mol. The number of rotatable bonds is 1. The van der Waals surface area contributed by atoms with E-state index in [1.807, 2.05) is 0 Å². The standard InChI is InChI=1S/CH2O3.ClH/c2-1-4-3;/h1,3H;1H. The fourth-order valence-electron chi connectivity index (χ4n) is 0. The number of carbonyl (C=O) groups excluding carboxylic acids is 1. The summed E-state index contributed by atoms with van der Waals surface area (Å²) in [5.41, 5.74) is 0. The molecule has 3 nitrogen and oxygen atoms in total. The van der Waals surface area contributed by atoms with Gasteiger partial charge in [-0.2, -0.15) is 0 Å². The predicted molar refractivity (Wildman–Crippen MR) is 17.0 cm³/mol. The first-order chi connectivity index (χ1) is 1.91. The predicted octanol–water partition coefficient (Wildman–Crippen LogP) is 0.0542. The highest BCUT2D eigenvalue weighted by atomic mass is 35.5. The molecule has 1 N–H and O–H groups in total. The lowest BCUT2D eigenvalue weighted by atomic mass is 11.7. The smallest absolute Gasteiger partial charge is 0.304 e. The first-order valence-electron chi connectivity index (χ1n) is 0.654. The van der Waals surface area contributed by atoms with Crippen molar-refractivity contribution >= 4 is 18.9 Å². The van der Waals surface area contributed by atoms with Crippen molar-refractivity contribution in [1.82, 2.24) is 0 Å². The van der Waals surface area contributed by atoms with Gasteiger partial charge in [-0.1, -0.05) is 0 Å². The zero-order valence-corrected chi connectivity index (χ0v) is 3.07. The van der Waals surface area contributed by atoms with E-state index < -0.39 is 0 Å². The molecular formula is CH3ClO3. The van der Waals surface area contributed by atoms with Gasteiger partial charge < -0.3 is 4.89 Å². The average Bonchev–Trinajstić information content (AvgIpc) is 1.37. The van der Waals surface area contributed by atoms with Crippen LogP contribution in [0.3, 0.4) is 0 Å². The van der Waals surface area contributed by atoms with Crippen LogP contribution in [-0.4, -0.2) is 11.7 Å². The van der Waals surface area contributed by atoms with Crippen LogP contribution in [0.15, 0.2) is 0 Å². The molecule has 4 heteroatoms. The van der Waals surface area contributed by atoms with E-state index in [9.17, 15) is 0 Å². The maximum Gasteiger partial charge on any atom is 0.330 e. The van der Waals surface area contributed by atoms with Crippen LogP contribution in [0.5, 0.6) is 0 Å². The number of hydrogen-bond donors (Lipinski definition) is 1. The third-order valence-electron chi connectivity index (χ3n) is 0.0430. The second-order valence-corrected chi connectivity index (χ2v) is 0.202. The normalized spacial score (nSPS) is 4.20. The fraction of sp³-hybridized carbons (Fsp3) is 0. The molecule has 0 aliphatic heterocycles. The second-order valence-electron chi connectivity index (χ2n) is 0.202. The molecule has 0 atom stereocenters. The molecular weight excluding hydrogens is 95.5 g/mol. The molecule has 0 bridgehead atoms. The van der Waals surface area contributed by atoms with E-state index in [-0.39, 0.29) is 18.9 Å². The molecule has 0 amide bonds. The number of halogens is 1. The lowest BCUT2D eigenvalue weighted by Gasteiger charge is -1.63. The van der Waals surface area contributed by atoms with Crippen LogP contribution >= 0.6 is 12.4 Å². The molecule has 0 aliphatic carbocycles. The Bertz CT molecular complexity index is 20.9. The third-order valence-corrected chi connectivity index (χ3v) is 0.0430. The van der Waals surface area contributed by atoms with Gasteiger partial charge in [0.1, 0.15) is 0 Å². The van der Waals surface area contributed by atoms with Crippen LogP contribution in [0.2, 0.25) is 0 Å². The minimum Gasteiger partial charge on any atom is -0.304 e. The molecule has 32 valence electrons. The Morgan fingerprint density at radius 3 is 2.00 bits per heavy atom. The van der Waals surface area contributed by atoms with Crippen LogP contribution in [0.1, 0.15) is 0 Å². The van der Waals surface area contributed by atoms with E-state index in [1.165, 1.54) is 0 Å². The third kappa shape index (κ3) is 21.2. The largest absolute Gasteiger partial charge is 0.330 e. The highest BCUT2D eigenvalue weighted by molar-refractivity contribution is 5.85. The van der Waals surface area contributed by atoms with Crippen molar-refractivity contribution in [2.45, 2.75) is 0 Å².